The molecule has 0 saturated carbocycles. The highest BCUT2D eigenvalue weighted by atomic mass is 14.7. The molecule has 1 radical (unpaired) electrons. The highest BCUT2D eigenvalue weighted by molar-refractivity contribution is 5.84. The summed E-state index contributed by atoms with van der Waals surface area (Å²) in [5.41, 5.74) is 3.62. The van der Waals surface area contributed by atoms with E-state index in [2.05, 4.69) is 53.6 Å². The van der Waals surface area contributed by atoms with Crippen LogP contribution in [0.1, 0.15) is 0 Å². The van der Waals surface area contributed by atoms with Crippen molar-refractivity contribution in [1.29, 1.82) is 0 Å². The molecule has 0 aliphatic rings. The first-order chi connectivity index (χ1) is 7.43. The summed E-state index contributed by atoms with van der Waals surface area (Å²) in [5.74, 6) is 0. The van der Waals surface area contributed by atoms with Crippen molar-refractivity contribution in [3.8, 4) is 11.1 Å². The van der Waals surface area contributed by atoms with Crippen LogP contribution in [0.3, 0.4) is 0 Å². The van der Waals surface area contributed by atoms with Crippen LogP contribution in [0.2, 0.25) is 0 Å². The molecule has 0 spiro atoms. The second-order valence-electron chi connectivity index (χ2n) is 3.58. The van der Waals surface area contributed by atoms with Crippen LogP contribution in [0.25, 0.3) is 22.0 Å². The summed E-state index contributed by atoms with van der Waals surface area (Å²) in [5, 5.41) is 1.20. The molecule has 0 aliphatic heterocycles. The van der Waals surface area contributed by atoms with Crippen LogP contribution in [0.15, 0.2) is 54.6 Å². The second kappa shape index (κ2) is 3.28. The summed E-state index contributed by atoms with van der Waals surface area (Å²) in [6.07, 6.45) is 2.99. The summed E-state index contributed by atoms with van der Waals surface area (Å²) < 4.78 is 0. The lowest BCUT2D eigenvalue weighted by Crippen LogP contribution is -1.76. The number of aromatic nitrogens is 1. The van der Waals surface area contributed by atoms with Gasteiger partial charge in [0.15, 0.2) is 0 Å². The zero-order valence-corrected chi connectivity index (χ0v) is 8.20. The van der Waals surface area contributed by atoms with Gasteiger partial charge in [-0.2, -0.15) is 0 Å². The van der Waals surface area contributed by atoms with Crippen molar-refractivity contribution in [2.45, 2.75) is 0 Å². The maximum absolute atomic E-state index is 3.10. The molecule has 0 amide bonds. The summed E-state index contributed by atoms with van der Waals surface area (Å²) >= 11 is 0. The van der Waals surface area contributed by atoms with Crippen molar-refractivity contribution in [2.24, 2.45) is 0 Å². The van der Waals surface area contributed by atoms with E-state index in [0.29, 0.717) is 0 Å². The molecule has 1 heterocycles. The number of benzene rings is 2. The molecule has 3 rings (SSSR count). The molecule has 3 aromatic rings. The molecule has 0 bridgehead atoms. The SMILES string of the molecule is [c]1cc2ccc(-c3ccccc3)cc2[nH]1. The largest absolute Gasteiger partial charge is 0.353 e. The van der Waals surface area contributed by atoms with E-state index in [4.69, 9.17) is 0 Å². The Kier molecular flexibility index (Phi) is 1.82. The maximum atomic E-state index is 3.10. The van der Waals surface area contributed by atoms with Crippen molar-refractivity contribution in [3.63, 3.8) is 0 Å². The van der Waals surface area contributed by atoms with E-state index < -0.39 is 0 Å². The number of nitrogens with one attached hydrogen (secondary N) is 1. The number of fused-ring (bicyclic) bond motifs is 1. The first-order valence-electron chi connectivity index (χ1n) is 4.98. The summed E-state index contributed by atoms with van der Waals surface area (Å²) in [4.78, 5) is 3.10. The van der Waals surface area contributed by atoms with Gasteiger partial charge < -0.3 is 4.98 Å². The Bertz CT molecular complexity index is 578. The second-order valence-corrected chi connectivity index (χ2v) is 3.58. The molecule has 0 aliphatic carbocycles. The Morgan fingerprint density at radius 2 is 1.73 bits per heavy atom. The molecule has 1 heteroatoms. The van der Waals surface area contributed by atoms with Gasteiger partial charge in [0.05, 0.1) is 6.20 Å². The number of aromatic amines is 1. The van der Waals surface area contributed by atoms with E-state index in [-0.39, 0.29) is 0 Å². The van der Waals surface area contributed by atoms with Crippen LogP contribution in [0, 0.1) is 6.20 Å². The lowest BCUT2D eigenvalue weighted by atomic mass is 10.0. The number of H-pyrrole nitrogens is 1. The third-order valence-corrected chi connectivity index (χ3v) is 2.59. The zero-order valence-electron chi connectivity index (χ0n) is 8.20. The standard InChI is InChI=1S/C14H10N/c1-2-4-11(5-3-1)13-7-6-12-8-9-15-14(12)10-13/h1-8,10,15H. The van der Waals surface area contributed by atoms with Gasteiger partial charge in [-0.1, -0.05) is 42.5 Å². The van der Waals surface area contributed by atoms with E-state index >= 15 is 0 Å². The molecule has 0 unspecified atom stereocenters. The molecule has 0 atom stereocenters. The van der Waals surface area contributed by atoms with Crippen LogP contribution >= 0.6 is 0 Å². The van der Waals surface area contributed by atoms with E-state index in [1.807, 2.05) is 12.1 Å². The van der Waals surface area contributed by atoms with Gasteiger partial charge in [-0.3, -0.25) is 0 Å². The first-order valence-corrected chi connectivity index (χ1v) is 4.98. The average molecular weight is 192 g/mol. The zero-order chi connectivity index (χ0) is 10.1. The minimum Gasteiger partial charge on any atom is -0.353 e. The van der Waals surface area contributed by atoms with E-state index in [1.165, 1.54) is 16.5 Å². The Hall–Kier alpha value is -2.02. The topological polar surface area (TPSA) is 15.8 Å². The molecule has 15 heavy (non-hydrogen) atoms. The highest BCUT2D eigenvalue weighted by Gasteiger charge is 1.98. The lowest BCUT2D eigenvalue weighted by molar-refractivity contribution is 1.46. The number of hydrogen-bond acceptors (Lipinski definition) is 0. The third kappa shape index (κ3) is 1.42. The molecular formula is C14H10N. The molecule has 1 aromatic heterocycles. The van der Waals surface area contributed by atoms with Gasteiger partial charge in [0.1, 0.15) is 0 Å². The van der Waals surface area contributed by atoms with Crippen LogP contribution in [-0.4, -0.2) is 4.98 Å². The van der Waals surface area contributed by atoms with E-state index in [9.17, 15) is 0 Å². The minimum atomic E-state index is 1.14. The summed E-state index contributed by atoms with van der Waals surface area (Å²) in [7, 11) is 0. The molecule has 0 saturated heterocycles. The normalized spacial score (nSPS) is 10.7. The Morgan fingerprint density at radius 3 is 2.60 bits per heavy atom. The maximum Gasteiger partial charge on any atom is 0.0630 e. The smallest absolute Gasteiger partial charge is 0.0630 e. The minimum absolute atomic E-state index is 1.14. The number of hydrogen-bond donors (Lipinski definition) is 1. The highest BCUT2D eigenvalue weighted by Crippen LogP contribution is 2.23. The summed E-state index contributed by atoms with van der Waals surface area (Å²) in [6.45, 7) is 0. The van der Waals surface area contributed by atoms with Crippen molar-refractivity contribution in [3.05, 3.63) is 60.8 Å². The predicted molar refractivity (Wildman–Crippen MR) is 62.6 cm³/mol. The van der Waals surface area contributed by atoms with Crippen LogP contribution in [-0.2, 0) is 0 Å². The summed E-state index contributed by atoms with van der Waals surface area (Å²) in [6, 6.07) is 18.8. The third-order valence-electron chi connectivity index (χ3n) is 2.59. The van der Waals surface area contributed by atoms with Crippen molar-refractivity contribution >= 4 is 10.9 Å². The molecule has 71 valence electrons. The van der Waals surface area contributed by atoms with E-state index in [0.717, 1.165) is 5.52 Å². The molecule has 0 fully saturated rings. The molecular weight excluding hydrogens is 182 g/mol. The fourth-order valence-corrected chi connectivity index (χ4v) is 1.79. The predicted octanol–water partition coefficient (Wildman–Crippen LogP) is 3.64. The van der Waals surface area contributed by atoms with Crippen LogP contribution < -0.4 is 0 Å². The van der Waals surface area contributed by atoms with Crippen molar-refractivity contribution < 1.29 is 0 Å². The van der Waals surface area contributed by atoms with E-state index in [1.54, 1.807) is 0 Å². The van der Waals surface area contributed by atoms with Gasteiger partial charge in [-0.15, -0.1) is 0 Å². The monoisotopic (exact) mass is 192 g/mol. The molecule has 2 aromatic carbocycles. The Labute approximate surface area is 88.4 Å². The Balaban J connectivity index is 2.19. The fraction of sp³-hybridized carbons (Fsp3) is 0. The lowest BCUT2D eigenvalue weighted by Gasteiger charge is -2.00. The molecule has 1 N–H and O–H groups in total. The van der Waals surface area contributed by atoms with Crippen LogP contribution in [0.5, 0.6) is 0 Å². The van der Waals surface area contributed by atoms with Crippen LogP contribution in [0.4, 0.5) is 0 Å². The quantitative estimate of drug-likeness (QED) is 0.606. The van der Waals surface area contributed by atoms with Gasteiger partial charge in [0.2, 0.25) is 0 Å². The van der Waals surface area contributed by atoms with Crippen molar-refractivity contribution in [2.75, 3.05) is 0 Å². The average Bonchev–Trinajstić information content (AvgIpc) is 2.77. The van der Waals surface area contributed by atoms with Crippen molar-refractivity contribution in [1.82, 2.24) is 4.98 Å². The van der Waals surface area contributed by atoms with Gasteiger partial charge in [0.25, 0.3) is 0 Å². The van der Waals surface area contributed by atoms with Gasteiger partial charge in [-0.25, -0.2) is 0 Å². The van der Waals surface area contributed by atoms with Gasteiger partial charge >= 0.3 is 0 Å². The first kappa shape index (κ1) is 8.30. The van der Waals surface area contributed by atoms with Gasteiger partial charge in [-0.05, 0) is 23.3 Å². The Morgan fingerprint density at radius 1 is 0.867 bits per heavy atom. The number of rotatable bonds is 1. The van der Waals surface area contributed by atoms with Gasteiger partial charge in [0, 0.05) is 10.9 Å². The fourth-order valence-electron chi connectivity index (χ4n) is 1.79. The molecule has 1 nitrogen and oxygen atoms in total.